The monoisotopic (exact) mass is 475 g/mol. The van der Waals surface area contributed by atoms with Crippen molar-refractivity contribution in [3.8, 4) is 17.3 Å². The highest BCUT2D eigenvalue weighted by Crippen LogP contribution is 2.35. The fourth-order valence-electron chi connectivity index (χ4n) is 3.72. The predicted molar refractivity (Wildman–Crippen MR) is 122 cm³/mol. The van der Waals surface area contributed by atoms with E-state index < -0.39 is 0 Å². The molecule has 154 valence electrons. The maximum absolute atomic E-state index is 13.3. The van der Waals surface area contributed by atoms with Crippen LogP contribution in [0.4, 0.5) is 5.69 Å². The van der Waals surface area contributed by atoms with Gasteiger partial charge in [-0.15, -0.1) is 0 Å². The van der Waals surface area contributed by atoms with Crippen molar-refractivity contribution in [2.24, 2.45) is 0 Å². The summed E-state index contributed by atoms with van der Waals surface area (Å²) in [6.07, 6.45) is 0.457. The molecule has 1 aromatic heterocycles. The molecule has 0 radical (unpaired) electrons. The first-order valence-electron chi connectivity index (χ1n) is 9.81. The van der Waals surface area contributed by atoms with E-state index in [0.29, 0.717) is 35.0 Å². The van der Waals surface area contributed by atoms with Crippen molar-refractivity contribution in [3.05, 3.63) is 105 Å². The first-order chi connectivity index (χ1) is 15.1. The SMILES string of the molecule is O=C(Cn1c2c(c(=O)n1-c1ccccc1)Cc1ccccc1O2)Nc1ccc(Br)cc1. The van der Waals surface area contributed by atoms with E-state index in [0.717, 1.165) is 10.0 Å². The molecule has 0 saturated carbocycles. The van der Waals surface area contributed by atoms with Crippen LogP contribution in [0.15, 0.2) is 88.1 Å². The minimum atomic E-state index is -0.257. The summed E-state index contributed by atoms with van der Waals surface area (Å²) in [6, 6.07) is 24.2. The molecule has 1 aliphatic rings. The van der Waals surface area contributed by atoms with E-state index in [9.17, 15) is 9.59 Å². The number of halogens is 1. The normalized spacial score (nSPS) is 11.9. The Morgan fingerprint density at radius 3 is 2.45 bits per heavy atom. The molecule has 0 saturated heterocycles. The van der Waals surface area contributed by atoms with Crippen LogP contribution >= 0.6 is 15.9 Å². The van der Waals surface area contributed by atoms with Gasteiger partial charge in [-0.2, -0.15) is 0 Å². The number of para-hydroxylation sites is 2. The zero-order valence-corrected chi connectivity index (χ0v) is 18.0. The van der Waals surface area contributed by atoms with E-state index in [-0.39, 0.29) is 18.0 Å². The molecule has 6 nitrogen and oxygen atoms in total. The lowest BCUT2D eigenvalue weighted by Gasteiger charge is -2.19. The van der Waals surface area contributed by atoms with Gasteiger partial charge in [0.2, 0.25) is 11.8 Å². The second kappa shape index (κ2) is 7.92. The number of nitrogens with one attached hydrogen (secondary N) is 1. The van der Waals surface area contributed by atoms with Crippen LogP contribution in [0.1, 0.15) is 11.1 Å². The standard InChI is InChI=1S/C24H18BrN3O3/c25-17-10-12-18(13-11-17)26-22(29)15-27-24-20(14-16-6-4-5-9-21(16)31-24)23(30)28(27)19-7-2-1-3-8-19/h1-13H,14-15H2,(H,26,29). The Kier molecular flexibility index (Phi) is 4.95. The van der Waals surface area contributed by atoms with Crippen LogP contribution in [0.2, 0.25) is 0 Å². The summed E-state index contributed by atoms with van der Waals surface area (Å²) < 4.78 is 10.2. The van der Waals surface area contributed by atoms with Gasteiger partial charge in [0.25, 0.3) is 5.56 Å². The van der Waals surface area contributed by atoms with Crippen LogP contribution < -0.4 is 15.6 Å². The number of anilines is 1. The fraction of sp³-hybridized carbons (Fsp3) is 0.0833. The van der Waals surface area contributed by atoms with Crippen molar-refractivity contribution in [1.29, 1.82) is 0 Å². The number of aromatic nitrogens is 2. The molecule has 31 heavy (non-hydrogen) atoms. The number of carbonyl (C=O) groups is 1. The predicted octanol–water partition coefficient (Wildman–Crippen LogP) is 4.74. The van der Waals surface area contributed by atoms with Crippen molar-refractivity contribution in [2.75, 3.05) is 5.32 Å². The van der Waals surface area contributed by atoms with Crippen LogP contribution in [0.3, 0.4) is 0 Å². The van der Waals surface area contributed by atoms with Gasteiger partial charge in [0.15, 0.2) is 0 Å². The Morgan fingerprint density at radius 1 is 0.968 bits per heavy atom. The number of fused-ring (bicyclic) bond motifs is 2. The maximum atomic E-state index is 13.3. The van der Waals surface area contributed by atoms with Gasteiger partial charge in [-0.25, -0.2) is 9.36 Å². The second-order valence-corrected chi connectivity index (χ2v) is 8.15. The third-order valence-corrected chi connectivity index (χ3v) is 5.68. The maximum Gasteiger partial charge on any atom is 0.278 e. The third-order valence-electron chi connectivity index (χ3n) is 5.15. The second-order valence-electron chi connectivity index (χ2n) is 7.24. The van der Waals surface area contributed by atoms with Crippen LogP contribution in [-0.2, 0) is 17.8 Å². The van der Waals surface area contributed by atoms with Gasteiger partial charge < -0.3 is 10.1 Å². The molecule has 5 rings (SSSR count). The number of hydrogen-bond acceptors (Lipinski definition) is 3. The molecule has 4 aromatic rings. The fourth-order valence-corrected chi connectivity index (χ4v) is 3.99. The van der Waals surface area contributed by atoms with Crippen molar-refractivity contribution in [1.82, 2.24) is 9.36 Å². The molecule has 2 heterocycles. The summed E-state index contributed by atoms with van der Waals surface area (Å²) in [5.41, 5.74) is 2.65. The van der Waals surface area contributed by atoms with Crippen LogP contribution in [0, 0.1) is 0 Å². The molecule has 3 aromatic carbocycles. The number of carbonyl (C=O) groups excluding carboxylic acids is 1. The van der Waals surface area contributed by atoms with Gasteiger partial charge in [0.1, 0.15) is 12.3 Å². The Bertz CT molecular complexity index is 1320. The number of hydrogen-bond donors (Lipinski definition) is 1. The molecule has 0 unspecified atom stereocenters. The van der Waals surface area contributed by atoms with Crippen molar-refractivity contribution in [2.45, 2.75) is 13.0 Å². The summed E-state index contributed by atoms with van der Waals surface area (Å²) in [4.78, 5) is 26.2. The van der Waals surface area contributed by atoms with Gasteiger partial charge in [-0.05, 0) is 48.0 Å². The van der Waals surface area contributed by atoms with E-state index >= 15 is 0 Å². The van der Waals surface area contributed by atoms with Crippen molar-refractivity contribution in [3.63, 3.8) is 0 Å². The van der Waals surface area contributed by atoms with Crippen molar-refractivity contribution >= 4 is 27.5 Å². The summed E-state index contributed by atoms with van der Waals surface area (Å²) >= 11 is 3.39. The molecular formula is C24H18BrN3O3. The molecular weight excluding hydrogens is 458 g/mol. The molecule has 0 atom stereocenters. The van der Waals surface area contributed by atoms with Gasteiger partial charge in [-0.3, -0.25) is 9.59 Å². The first-order valence-corrected chi connectivity index (χ1v) is 10.6. The smallest absolute Gasteiger partial charge is 0.278 e. The Morgan fingerprint density at radius 2 is 1.68 bits per heavy atom. The van der Waals surface area contributed by atoms with Crippen molar-refractivity contribution < 1.29 is 9.53 Å². The van der Waals surface area contributed by atoms with E-state index in [1.54, 1.807) is 4.68 Å². The summed E-state index contributed by atoms with van der Waals surface area (Å²) in [6.45, 7) is -0.0717. The molecule has 1 N–H and O–H groups in total. The highest BCUT2D eigenvalue weighted by atomic mass is 79.9. The highest BCUT2D eigenvalue weighted by Gasteiger charge is 2.29. The quantitative estimate of drug-likeness (QED) is 0.408. The van der Waals surface area contributed by atoms with E-state index in [1.165, 1.54) is 4.68 Å². The van der Waals surface area contributed by atoms with Gasteiger partial charge >= 0.3 is 0 Å². The topological polar surface area (TPSA) is 65.3 Å². The Hall–Kier alpha value is -3.58. The van der Waals surface area contributed by atoms with Crippen LogP contribution in [0.5, 0.6) is 11.6 Å². The summed E-state index contributed by atoms with van der Waals surface area (Å²) in [5, 5.41) is 2.88. The highest BCUT2D eigenvalue weighted by molar-refractivity contribution is 9.10. The molecule has 1 aliphatic heterocycles. The molecule has 0 fully saturated rings. The Balaban J connectivity index is 1.56. The van der Waals surface area contributed by atoms with E-state index in [4.69, 9.17) is 4.74 Å². The number of nitrogens with zero attached hydrogens (tertiary/aromatic N) is 2. The minimum Gasteiger partial charge on any atom is -0.439 e. The number of rotatable bonds is 4. The zero-order valence-electron chi connectivity index (χ0n) is 16.4. The average Bonchev–Trinajstić information content (AvgIpc) is 3.05. The minimum absolute atomic E-state index is 0.0717. The molecule has 1 amide bonds. The Labute approximate surface area is 186 Å². The largest absolute Gasteiger partial charge is 0.439 e. The molecule has 0 aliphatic carbocycles. The van der Waals surface area contributed by atoms with Crippen LogP contribution in [0.25, 0.3) is 5.69 Å². The number of benzene rings is 3. The summed E-state index contributed by atoms with van der Waals surface area (Å²) in [5.74, 6) is 0.841. The number of amides is 1. The lowest BCUT2D eigenvalue weighted by Crippen LogP contribution is -2.27. The number of ether oxygens (including phenoxy) is 1. The summed E-state index contributed by atoms with van der Waals surface area (Å²) in [7, 11) is 0. The van der Waals surface area contributed by atoms with E-state index in [2.05, 4.69) is 21.2 Å². The van der Waals surface area contributed by atoms with Gasteiger partial charge in [-0.1, -0.05) is 52.3 Å². The zero-order chi connectivity index (χ0) is 21.4. The van der Waals surface area contributed by atoms with Crippen LogP contribution in [-0.4, -0.2) is 15.3 Å². The molecule has 0 bridgehead atoms. The molecule has 0 spiro atoms. The molecule has 7 heteroatoms. The van der Waals surface area contributed by atoms with Gasteiger partial charge in [0.05, 0.1) is 11.3 Å². The van der Waals surface area contributed by atoms with E-state index in [1.807, 2.05) is 78.9 Å². The first kappa shape index (κ1) is 19.4. The van der Waals surface area contributed by atoms with Gasteiger partial charge in [0, 0.05) is 16.6 Å². The average molecular weight is 476 g/mol. The lowest BCUT2D eigenvalue weighted by atomic mass is 10.0. The third kappa shape index (κ3) is 3.68. The lowest BCUT2D eigenvalue weighted by molar-refractivity contribution is -0.117.